The summed E-state index contributed by atoms with van der Waals surface area (Å²) in [5.41, 5.74) is 0. The monoisotopic (exact) mass is 201 g/mol. The number of nitrogens with one attached hydrogen (secondary N) is 1. The second-order valence-corrected chi connectivity index (χ2v) is 4.07. The normalized spacial score (nSPS) is 21.0. The lowest BCUT2D eigenvalue weighted by Gasteiger charge is -2.24. The van der Waals surface area contributed by atoms with Crippen molar-refractivity contribution in [2.75, 3.05) is 34.0 Å². The van der Waals surface area contributed by atoms with Crippen LogP contribution in [0.25, 0.3) is 0 Å². The Kier molecular flexibility index (Phi) is 6.15. The van der Waals surface area contributed by atoms with Crippen molar-refractivity contribution < 1.29 is 9.47 Å². The molecule has 0 radical (unpaired) electrons. The molecule has 1 N–H and O–H groups in total. The lowest BCUT2D eigenvalue weighted by atomic mass is 9.93. The lowest BCUT2D eigenvalue weighted by Crippen LogP contribution is -2.31. The number of ether oxygens (including phenoxy) is 2. The van der Waals surface area contributed by atoms with Gasteiger partial charge in [-0.05, 0) is 38.6 Å². The average Bonchev–Trinajstić information content (AvgIpc) is 2.25. The first kappa shape index (κ1) is 12.0. The third kappa shape index (κ3) is 4.40. The van der Waals surface area contributed by atoms with Crippen LogP contribution in [0.3, 0.4) is 0 Å². The summed E-state index contributed by atoms with van der Waals surface area (Å²) in [6, 6.07) is 0.517. The fourth-order valence-electron chi connectivity index (χ4n) is 1.98. The molecule has 1 fully saturated rings. The van der Waals surface area contributed by atoms with Gasteiger partial charge >= 0.3 is 0 Å². The van der Waals surface area contributed by atoms with Crippen molar-refractivity contribution in [2.24, 2.45) is 5.92 Å². The Morgan fingerprint density at radius 2 is 2.14 bits per heavy atom. The quantitative estimate of drug-likeness (QED) is 0.705. The molecule has 14 heavy (non-hydrogen) atoms. The number of rotatable bonds is 6. The molecule has 0 aromatic rings. The maximum atomic E-state index is 5.34. The molecule has 0 aliphatic carbocycles. The molecule has 1 saturated heterocycles. The first-order chi connectivity index (χ1) is 6.86. The summed E-state index contributed by atoms with van der Waals surface area (Å²) in [6.45, 7) is 2.73. The minimum absolute atomic E-state index is 0.517. The third-order valence-electron chi connectivity index (χ3n) is 3.04. The van der Waals surface area contributed by atoms with E-state index in [1.165, 1.54) is 25.7 Å². The van der Waals surface area contributed by atoms with Crippen LogP contribution < -0.4 is 5.32 Å². The van der Waals surface area contributed by atoms with E-state index in [0.717, 1.165) is 25.7 Å². The molecule has 0 saturated carbocycles. The number of likely N-dealkylation sites (N-methyl/N-ethyl adjacent to an activating group) is 1. The van der Waals surface area contributed by atoms with Crippen molar-refractivity contribution in [1.82, 2.24) is 5.32 Å². The Morgan fingerprint density at radius 3 is 2.71 bits per heavy atom. The van der Waals surface area contributed by atoms with Crippen LogP contribution in [0.1, 0.15) is 25.7 Å². The van der Waals surface area contributed by atoms with E-state index in [-0.39, 0.29) is 0 Å². The summed E-state index contributed by atoms with van der Waals surface area (Å²) in [6.07, 6.45) is 5.00. The Balaban J connectivity index is 2.10. The smallest absolute Gasteiger partial charge is 0.0615 e. The molecule has 3 nitrogen and oxygen atoms in total. The summed E-state index contributed by atoms with van der Waals surface area (Å²) >= 11 is 0. The zero-order valence-electron chi connectivity index (χ0n) is 9.42. The molecule has 0 amide bonds. The van der Waals surface area contributed by atoms with Crippen LogP contribution in [-0.2, 0) is 9.47 Å². The fraction of sp³-hybridized carbons (Fsp3) is 1.00. The van der Waals surface area contributed by atoms with Crippen LogP contribution in [0.5, 0.6) is 0 Å². The summed E-state index contributed by atoms with van der Waals surface area (Å²) in [7, 11) is 3.77. The van der Waals surface area contributed by atoms with Gasteiger partial charge in [0.25, 0.3) is 0 Å². The zero-order chi connectivity index (χ0) is 10.2. The summed E-state index contributed by atoms with van der Waals surface area (Å²) < 4.78 is 10.5. The van der Waals surface area contributed by atoms with Crippen molar-refractivity contribution in [3.05, 3.63) is 0 Å². The van der Waals surface area contributed by atoms with E-state index in [1.807, 2.05) is 7.05 Å². The van der Waals surface area contributed by atoms with Gasteiger partial charge in [0.1, 0.15) is 0 Å². The summed E-state index contributed by atoms with van der Waals surface area (Å²) in [4.78, 5) is 0. The van der Waals surface area contributed by atoms with Crippen LogP contribution in [0.2, 0.25) is 0 Å². The average molecular weight is 201 g/mol. The van der Waals surface area contributed by atoms with Gasteiger partial charge in [-0.3, -0.25) is 0 Å². The molecule has 1 aliphatic rings. The van der Waals surface area contributed by atoms with Gasteiger partial charge < -0.3 is 14.8 Å². The highest BCUT2D eigenvalue weighted by Crippen LogP contribution is 2.20. The van der Waals surface area contributed by atoms with Gasteiger partial charge in [-0.15, -0.1) is 0 Å². The predicted molar refractivity (Wildman–Crippen MR) is 57.5 cm³/mol. The van der Waals surface area contributed by atoms with Crippen LogP contribution in [0.4, 0.5) is 0 Å². The van der Waals surface area contributed by atoms with Crippen molar-refractivity contribution in [3.8, 4) is 0 Å². The van der Waals surface area contributed by atoms with Crippen LogP contribution >= 0.6 is 0 Å². The van der Waals surface area contributed by atoms with Gasteiger partial charge in [0.05, 0.1) is 6.61 Å². The predicted octanol–water partition coefficient (Wildman–Crippen LogP) is 1.43. The minimum atomic E-state index is 0.517. The van der Waals surface area contributed by atoms with Gasteiger partial charge in [0.2, 0.25) is 0 Å². The maximum absolute atomic E-state index is 5.34. The molecular formula is C11H23NO2. The van der Waals surface area contributed by atoms with E-state index in [4.69, 9.17) is 9.47 Å². The highest BCUT2D eigenvalue weighted by molar-refractivity contribution is 4.69. The van der Waals surface area contributed by atoms with Crippen molar-refractivity contribution in [2.45, 2.75) is 31.7 Å². The Hall–Kier alpha value is -0.120. The molecular weight excluding hydrogens is 178 g/mol. The first-order valence-corrected chi connectivity index (χ1v) is 5.60. The molecule has 1 aliphatic heterocycles. The van der Waals surface area contributed by atoms with Crippen molar-refractivity contribution >= 4 is 0 Å². The maximum Gasteiger partial charge on any atom is 0.0615 e. The molecule has 1 rings (SSSR count). The van der Waals surface area contributed by atoms with E-state index in [9.17, 15) is 0 Å². The van der Waals surface area contributed by atoms with E-state index in [2.05, 4.69) is 5.32 Å². The van der Waals surface area contributed by atoms with Crippen LogP contribution in [0.15, 0.2) is 0 Å². The molecule has 3 heteroatoms. The molecule has 0 aromatic heterocycles. The van der Waals surface area contributed by atoms with Crippen molar-refractivity contribution in [1.29, 1.82) is 0 Å². The summed E-state index contributed by atoms with van der Waals surface area (Å²) in [5.74, 6) is 0.872. The molecule has 0 aromatic carbocycles. The second kappa shape index (κ2) is 7.21. The second-order valence-electron chi connectivity index (χ2n) is 4.07. The molecule has 84 valence electrons. The Labute approximate surface area is 87.2 Å². The van der Waals surface area contributed by atoms with Crippen LogP contribution in [0, 0.1) is 5.92 Å². The van der Waals surface area contributed by atoms with Gasteiger partial charge in [0.15, 0.2) is 0 Å². The number of hydrogen-bond donors (Lipinski definition) is 1. The first-order valence-electron chi connectivity index (χ1n) is 5.60. The highest BCUT2D eigenvalue weighted by Gasteiger charge is 2.15. The number of hydrogen-bond acceptors (Lipinski definition) is 3. The number of methoxy groups -OCH3 is 1. The van der Waals surface area contributed by atoms with Gasteiger partial charge in [-0.1, -0.05) is 0 Å². The molecule has 0 bridgehead atoms. The van der Waals surface area contributed by atoms with Crippen LogP contribution in [-0.4, -0.2) is 40.0 Å². The standard InChI is InChI=1S/C11H23NO2/c1-12-11(9-13-2)4-3-10-5-7-14-8-6-10/h10-12H,3-9H2,1-2H3. The van der Waals surface area contributed by atoms with Gasteiger partial charge in [0, 0.05) is 26.4 Å². The van der Waals surface area contributed by atoms with E-state index in [0.29, 0.717) is 6.04 Å². The van der Waals surface area contributed by atoms with E-state index in [1.54, 1.807) is 7.11 Å². The molecule has 1 heterocycles. The summed E-state index contributed by atoms with van der Waals surface area (Å²) in [5, 5.41) is 3.29. The van der Waals surface area contributed by atoms with Gasteiger partial charge in [-0.2, -0.15) is 0 Å². The molecule has 1 atom stereocenters. The Morgan fingerprint density at radius 1 is 1.43 bits per heavy atom. The SMILES string of the molecule is CNC(CCC1CCOCC1)COC. The fourth-order valence-corrected chi connectivity index (χ4v) is 1.98. The minimum Gasteiger partial charge on any atom is -0.383 e. The molecule has 1 unspecified atom stereocenters. The van der Waals surface area contributed by atoms with E-state index < -0.39 is 0 Å². The zero-order valence-corrected chi connectivity index (χ0v) is 9.42. The topological polar surface area (TPSA) is 30.5 Å². The third-order valence-corrected chi connectivity index (χ3v) is 3.04. The Bertz CT molecular complexity index is 130. The van der Waals surface area contributed by atoms with E-state index >= 15 is 0 Å². The largest absolute Gasteiger partial charge is 0.383 e. The molecule has 0 spiro atoms. The lowest BCUT2D eigenvalue weighted by molar-refractivity contribution is 0.0609. The highest BCUT2D eigenvalue weighted by atomic mass is 16.5. The van der Waals surface area contributed by atoms with Crippen molar-refractivity contribution in [3.63, 3.8) is 0 Å². The van der Waals surface area contributed by atoms with Gasteiger partial charge in [-0.25, -0.2) is 0 Å².